The molecule has 21 heavy (non-hydrogen) atoms. The van der Waals surface area contributed by atoms with Crippen LogP contribution in [0.2, 0.25) is 0 Å². The van der Waals surface area contributed by atoms with Gasteiger partial charge >= 0.3 is 0 Å². The van der Waals surface area contributed by atoms with E-state index < -0.39 is 0 Å². The van der Waals surface area contributed by atoms with Gasteiger partial charge in [0.25, 0.3) is 5.56 Å². The number of ether oxygens (including phenoxy) is 1. The summed E-state index contributed by atoms with van der Waals surface area (Å²) in [5.74, 6) is 0.755. The van der Waals surface area contributed by atoms with Crippen molar-refractivity contribution >= 4 is 10.9 Å². The number of aromatic amines is 1. The first-order chi connectivity index (χ1) is 10.1. The van der Waals surface area contributed by atoms with Crippen molar-refractivity contribution in [2.24, 2.45) is 0 Å². The van der Waals surface area contributed by atoms with Gasteiger partial charge in [-0.05, 0) is 26.0 Å². The van der Waals surface area contributed by atoms with Gasteiger partial charge in [0.15, 0.2) is 0 Å². The van der Waals surface area contributed by atoms with Gasteiger partial charge in [0.05, 0.1) is 23.1 Å². The summed E-state index contributed by atoms with van der Waals surface area (Å²) in [6.45, 7) is 6.95. The largest absolute Gasteiger partial charge is 0.373 e. The molecule has 112 valence electrons. The Morgan fingerprint density at radius 1 is 1.29 bits per heavy atom. The predicted octanol–water partition coefficient (Wildman–Crippen LogP) is 1.57. The number of hydrogen-bond acceptors (Lipinski definition) is 4. The highest BCUT2D eigenvalue weighted by atomic mass is 16.5. The Morgan fingerprint density at radius 2 is 2.00 bits per heavy atom. The summed E-state index contributed by atoms with van der Waals surface area (Å²) < 4.78 is 5.73. The van der Waals surface area contributed by atoms with Crippen molar-refractivity contribution in [3.05, 3.63) is 40.4 Å². The van der Waals surface area contributed by atoms with Crippen molar-refractivity contribution in [2.45, 2.75) is 32.5 Å². The first kappa shape index (κ1) is 14.2. The maximum atomic E-state index is 12.0. The highest BCUT2D eigenvalue weighted by Gasteiger charge is 2.21. The maximum Gasteiger partial charge on any atom is 0.258 e. The second kappa shape index (κ2) is 5.95. The fourth-order valence-electron chi connectivity index (χ4n) is 2.98. The van der Waals surface area contributed by atoms with E-state index in [0.717, 1.165) is 37.4 Å². The van der Waals surface area contributed by atoms with E-state index in [9.17, 15) is 4.79 Å². The molecule has 0 saturated carbocycles. The number of aromatic nitrogens is 2. The van der Waals surface area contributed by atoms with Crippen LogP contribution in [0.25, 0.3) is 10.9 Å². The summed E-state index contributed by atoms with van der Waals surface area (Å²) in [5, 5.41) is 0.648. The molecule has 0 bridgehead atoms. The standard InChI is InChI=1S/C16H21N3O2/c1-11-9-19(10-12(2)21-11)8-7-15-17-14-6-4-3-5-13(14)16(20)18-15/h3-6,11-12H,7-10H2,1-2H3,(H,17,18,20)/t11-,12+. The maximum absolute atomic E-state index is 12.0. The second-order valence-electron chi connectivity index (χ2n) is 5.80. The van der Waals surface area contributed by atoms with Gasteiger partial charge in [0.2, 0.25) is 0 Å². The average molecular weight is 287 g/mol. The Labute approximate surface area is 124 Å². The fraction of sp³-hybridized carbons (Fsp3) is 0.500. The van der Waals surface area contributed by atoms with E-state index in [1.165, 1.54) is 0 Å². The Kier molecular flexibility index (Phi) is 4.03. The van der Waals surface area contributed by atoms with Crippen molar-refractivity contribution in [3.8, 4) is 0 Å². The Balaban J connectivity index is 1.72. The van der Waals surface area contributed by atoms with Gasteiger partial charge in [-0.2, -0.15) is 0 Å². The minimum absolute atomic E-state index is 0.0562. The predicted molar refractivity (Wildman–Crippen MR) is 82.5 cm³/mol. The molecular weight excluding hydrogens is 266 g/mol. The molecule has 0 aliphatic carbocycles. The van der Waals surface area contributed by atoms with Crippen molar-refractivity contribution in [1.29, 1.82) is 0 Å². The summed E-state index contributed by atoms with van der Waals surface area (Å²) in [6, 6.07) is 7.45. The molecule has 1 saturated heterocycles. The van der Waals surface area contributed by atoms with Crippen molar-refractivity contribution in [1.82, 2.24) is 14.9 Å². The van der Waals surface area contributed by atoms with Gasteiger partial charge in [-0.25, -0.2) is 4.98 Å². The van der Waals surface area contributed by atoms with E-state index in [2.05, 4.69) is 28.7 Å². The molecular formula is C16H21N3O2. The Bertz CT molecular complexity index is 673. The minimum atomic E-state index is -0.0562. The molecule has 2 aromatic rings. The van der Waals surface area contributed by atoms with Crippen LogP contribution in [0.5, 0.6) is 0 Å². The van der Waals surface area contributed by atoms with E-state index in [1.54, 1.807) is 6.07 Å². The number of nitrogens with zero attached hydrogens (tertiary/aromatic N) is 2. The molecule has 3 rings (SSSR count). The molecule has 2 atom stereocenters. The average Bonchev–Trinajstić information content (AvgIpc) is 2.44. The minimum Gasteiger partial charge on any atom is -0.373 e. The van der Waals surface area contributed by atoms with E-state index in [0.29, 0.717) is 5.39 Å². The second-order valence-corrected chi connectivity index (χ2v) is 5.80. The van der Waals surface area contributed by atoms with Crippen LogP contribution >= 0.6 is 0 Å². The summed E-state index contributed by atoms with van der Waals surface area (Å²) in [4.78, 5) is 21.8. The summed E-state index contributed by atoms with van der Waals surface area (Å²) in [6.07, 6.45) is 1.27. The lowest BCUT2D eigenvalue weighted by Gasteiger charge is -2.35. The first-order valence-corrected chi connectivity index (χ1v) is 7.47. The summed E-state index contributed by atoms with van der Waals surface area (Å²) in [5.41, 5.74) is 0.708. The van der Waals surface area contributed by atoms with Gasteiger partial charge in [0.1, 0.15) is 5.82 Å². The van der Waals surface area contributed by atoms with E-state index >= 15 is 0 Å². The number of para-hydroxylation sites is 1. The van der Waals surface area contributed by atoms with Gasteiger partial charge in [-0.3, -0.25) is 9.69 Å². The number of morpholine rings is 1. The van der Waals surface area contributed by atoms with Crippen LogP contribution in [-0.2, 0) is 11.2 Å². The van der Waals surface area contributed by atoms with Crippen LogP contribution in [0.15, 0.2) is 29.1 Å². The lowest BCUT2D eigenvalue weighted by atomic mass is 10.2. The molecule has 0 radical (unpaired) electrons. The zero-order valence-electron chi connectivity index (χ0n) is 12.5. The van der Waals surface area contributed by atoms with Crippen LogP contribution in [0.1, 0.15) is 19.7 Å². The molecule has 0 spiro atoms. The molecule has 0 amide bonds. The SMILES string of the molecule is C[C@@H]1CN(CCc2nc3ccccc3c(=O)[nH]2)C[C@H](C)O1. The Morgan fingerprint density at radius 3 is 2.76 bits per heavy atom. The number of H-pyrrole nitrogens is 1. The molecule has 1 N–H and O–H groups in total. The third kappa shape index (κ3) is 3.31. The van der Waals surface area contributed by atoms with Crippen molar-refractivity contribution < 1.29 is 4.74 Å². The van der Waals surface area contributed by atoms with Crippen molar-refractivity contribution in [2.75, 3.05) is 19.6 Å². The molecule has 1 fully saturated rings. The number of rotatable bonds is 3. The van der Waals surface area contributed by atoms with Gasteiger partial charge in [-0.15, -0.1) is 0 Å². The van der Waals surface area contributed by atoms with Gasteiger partial charge < -0.3 is 9.72 Å². The van der Waals surface area contributed by atoms with Gasteiger partial charge in [0, 0.05) is 26.1 Å². The zero-order chi connectivity index (χ0) is 14.8. The molecule has 5 nitrogen and oxygen atoms in total. The number of fused-ring (bicyclic) bond motifs is 1. The smallest absolute Gasteiger partial charge is 0.258 e. The first-order valence-electron chi connectivity index (χ1n) is 7.47. The molecule has 5 heteroatoms. The zero-order valence-corrected chi connectivity index (χ0v) is 12.5. The molecule has 1 aromatic carbocycles. The molecule has 2 heterocycles. The Hall–Kier alpha value is -1.72. The third-order valence-corrected chi connectivity index (χ3v) is 3.82. The number of hydrogen-bond donors (Lipinski definition) is 1. The fourth-order valence-corrected chi connectivity index (χ4v) is 2.98. The summed E-state index contributed by atoms with van der Waals surface area (Å²) >= 11 is 0. The highest BCUT2D eigenvalue weighted by molar-refractivity contribution is 5.77. The molecule has 1 aliphatic heterocycles. The molecule has 1 aromatic heterocycles. The topological polar surface area (TPSA) is 58.2 Å². The lowest BCUT2D eigenvalue weighted by molar-refractivity contribution is -0.0676. The van der Waals surface area contributed by atoms with Crippen LogP contribution < -0.4 is 5.56 Å². The molecule has 0 unspecified atom stereocenters. The lowest BCUT2D eigenvalue weighted by Crippen LogP contribution is -2.46. The van der Waals surface area contributed by atoms with E-state index in [1.807, 2.05) is 18.2 Å². The highest BCUT2D eigenvalue weighted by Crippen LogP contribution is 2.11. The van der Waals surface area contributed by atoms with E-state index in [4.69, 9.17) is 4.74 Å². The van der Waals surface area contributed by atoms with Crippen molar-refractivity contribution in [3.63, 3.8) is 0 Å². The summed E-state index contributed by atoms with van der Waals surface area (Å²) in [7, 11) is 0. The van der Waals surface area contributed by atoms with Crippen LogP contribution in [-0.4, -0.2) is 46.7 Å². The van der Waals surface area contributed by atoms with Gasteiger partial charge in [-0.1, -0.05) is 12.1 Å². The molecule has 1 aliphatic rings. The quantitative estimate of drug-likeness (QED) is 0.931. The third-order valence-electron chi connectivity index (χ3n) is 3.82. The van der Waals surface area contributed by atoms with Crippen LogP contribution in [0, 0.1) is 0 Å². The normalized spacial score (nSPS) is 23.5. The monoisotopic (exact) mass is 287 g/mol. The van der Waals surface area contributed by atoms with Crippen LogP contribution in [0.4, 0.5) is 0 Å². The number of benzene rings is 1. The number of nitrogens with one attached hydrogen (secondary N) is 1. The van der Waals surface area contributed by atoms with E-state index in [-0.39, 0.29) is 17.8 Å². The van der Waals surface area contributed by atoms with Crippen LogP contribution in [0.3, 0.4) is 0 Å².